The number of imidazole rings is 1. The summed E-state index contributed by atoms with van der Waals surface area (Å²) in [5.74, 6) is 5.64. The van der Waals surface area contributed by atoms with Gasteiger partial charge in [-0.25, -0.2) is 9.97 Å². The average molecular weight is 613 g/mol. The van der Waals surface area contributed by atoms with Gasteiger partial charge >= 0.3 is 0 Å². The van der Waals surface area contributed by atoms with Gasteiger partial charge in [0.1, 0.15) is 28.9 Å². The van der Waals surface area contributed by atoms with Crippen molar-refractivity contribution in [1.29, 1.82) is 0 Å². The maximum atomic E-state index is 12.9. The van der Waals surface area contributed by atoms with Gasteiger partial charge in [0.2, 0.25) is 5.91 Å². The van der Waals surface area contributed by atoms with Crippen LogP contribution in [0, 0.1) is 11.8 Å². The highest BCUT2D eigenvalue weighted by atomic mass is 16.2. The molecular weight excluding hydrogens is 580 g/mol. The number of amides is 3. The third kappa shape index (κ3) is 5.68. The number of aryl methyl sites for hydroxylation is 1. The van der Waals surface area contributed by atoms with Crippen molar-refractivity contribution < 1.29 is 14.4 Å². The number of nitrogens with two attached hydrogens (primary N) is 1. The average Bonchev–Trinajstić information content (AvgIpc) is 3.44. The van der Waals surface area contributed by atoms with Crippen LogP contribution in [0.5, 0.6) is 0 Å². The van der Waals surface area contributed by atoms with Crippen molar-refractivity contribution in [3.63, 3.8) is 0 Å². The minimum absolute atomic E-state index is 0.0741. The number of hydrogen-bond donors (Lipinski definition) is 2. The Bertz CT molecular complexity index is 2060. The number of nitrogens with zero attached hydrogens (tertiary/aromatic N) is 6. The van der Waals surface area contributed by atoms with E-state index in [1.165, 1.54) is 6.07 Å². The van der Waals surface area contributed by atoms with E-state index >= 15 is 0 Å². The zero-order chi connectivity index (χ0) is 32.4. The largest absolute Gasteiger partial charge is 0.364 e. The van der Waals surface area contributed by atoms with E-state index in [-0.39, 0.29) is 35.8 Å². The molecule has 1 aliphatic heterocycles. The van der Waals surface area contributed by atoms with Crippen LogP contribution in [0.1, 0.15) is 64.5 Å². The van der Waals surface area contributed by atoms with Crippen LogP contribution < -0.4 is 11.1 Å². The van der Waals surface area contributed by atoms with Crippen LogP contribution >= 0.6 is 0 Å². The van der Waals surface area contributed by atoms with E-state index in [0.29, 0.717) is 18.7 Å². The summed E-state index contributed by atoms with van der Waals surface area (Å²) >= 11 is 0. The Labute approximate surface area is 265 Å². The number of rotatable bonds is 7. The van der Waals surface area contributed by atoms with Crippen LogP contribution in [0.4, 0.5) is 0 Å². The van der Waals surface area contributed by atoms with Crippen LogP contribution in [0.15, 0.2) is 67.0 Å². The molecule has 0 radical (unpaired) electrons. The highest BCUT2D eigenvalue weighted by Gasteiger charge is 2.34. The van der Waals surface area contributed by atoms with Crippen LogP contribution in [0.3, 0.4) is 0 Å². The number of primary amides is 1. The summed E-state index contributed by atoms with van der Waals surface area (Å²) in [6.45, 7) is 4.67. The lowest BCUT2D eigenvalue weighted by Crippen LogP contribution is -2.40. The molecule has 0 aliphatic carbocycles. The number of nitrogens with one attached hydrogen (secondary N) is 1. The molecule has 1 atom stereocenters. The van der Waals surface area contributed by atoms with Crippen molar-refractivity contribution >= 4 is 28.5 Å². The van der Waals surface area contributed by atoms with Gasteiger partial charge in [-0.2, -0.15) is 0 Å². The molecule has 1 aliphatic rings. The number of fused-ring (bicyclic) bond motifs is 2. The Balaban J connectivity index is 1.21. The quantitative estimate of drug-likeness (QED) is 0.265. The molecular formula is C35H32N8O3. The molecule has 0 fully saturated rings. The maximum absolute atomic E-state index is 12.9. The summed E-state index contributed by atoms with van der Waals surface area (Å²) < 4.78 is 2.13. The lowest BCUT2D eigenvalue weighted by molar-refractivity contribution is -0.136. The Morgan fingerprint density at radius 1 is 1.02 bits per heavy atom. The Hall–Kier alpha value is -5.89. The fourth-order valence-electron chi connectivity index (χ4n) is 5.73. The molecule has 11 heteroatoms. The van der Waals surface area contributed by atoms with E-state index in [2.05, 4.69) is 44.7 Å². The first-order valence-corrected chi connectivity index (χ1v) is 15.0. The Morgan fingerprint density at radius 3 is 2.59 bits per heavy atom. The number of carbonyl (C=O) groups is 3. The summed E-state index contributed by atoms with van der Waals surface area (Å²) in [7, 11) is 1.84. The van der Waals surface area contributed by atoms with Gasteiger partial charge in [-0.15, -0.1) is 0 Å². The van der Waals surface area contributed by atoms with Crippen molar-refractivity contribution in [3.05, 3.63) is 95.6 Å². The van der Waals surface area contributed by atoms with Gasteiger partial charge in [0.05, 0.1) is 30.2 Å². The highest BCUT2D eigenvalue weighted by Crippen LogP contribution is 2.37. The van der Waals surface area contributed by atoms with Gasteiger partial charge in [-0.1, -0.05) is 44.0 Å². The van der Waals surface area contributed by atoms with E-state index < -0.39 is 5.91 Å². The van der Waals surface area contributed by atoms with E-state index in [0.717, 1.165) is 51.2 Å². The second kappa shape index (κ2) is 12.6. The van der Waals surface area contributed by atoms with Crippen LogP contribution in [0.2, 0.25) is 0 Å². The molecule has 0 spiro atoms. The summed E-state index contributed by atoms with van der Waals surface area (Å²) in [6.07, 6.45) is 4.90. The normalized spacial score (nSPS) is 14.0. The summed E-state index contributed by atoms with van der Waals surface area (Å²) in [4.78, 5) is 56.8. The smallest absolute Gasteiger partial charge is 0.270 e. The molecule has 0 saturated heterocycles. The van der Waals surface area contributed by atoms with E-state index in [9.17, 15) is 14.4 Å². The SMILES string of the molecule is CCc1nc(-c2cccc3cc(-c4ccc(C(=O)NCC#Cc5cccc(C(N)=O)n5)nc4)ncc23)c2n1C(CC)C(=O)N(C)C2. The summed E-state index contributed by atoms with van der Waals surface area (Å²) in [6, 6.07) is 16.1. The van der Waals surface area contributed by atoms with E-state index in [1.54, 1.807) is 29.3 Å². The molecule has 4 aromatic heterocycles. The number of pyridine rings is 3. The summed E-state index contributed by atoms with van der Waals surface area (Å²) in [5.41, 5.74) is 10.4. The fourth-order valence-corrected chi connectivity index (χ4v) is 5.73. The molecule has 5 heterocycles. The van der Waals surface area contributed by atoms with E-state index in [4.69, 9.17) is 15.7 Å². The number of benzene rings is 1. The third-order valence-electron chi connectivity index (χ3n) is 8.01. The van der Waals surface area contributed by atoms with Crippen LogP contribution in [0.25, 0.3) is 33.3 Å². The molecule has 3 N–H and O–H groups in total. The predicted molar refractivity (Wildman–Crippen MR) is 173 cm³/mol. The standard InChI is InChI=1S/C35H32N8O3/c1-4-29-35(46)42(3)20-30-32(41-31(5-2)43(29)30)24-12-6-9-21-17-28(39-19-25(21)24)22-14-15-27(38-18-22)34(45)37-16-8-11-23-10-7-13-26(40-23)33(36)44/h6-7,9-10,12-15,17-19,29H,4-5,16,20H2,1-3H3,(H2,36,44)(H,37,45). The topological polar surface area (TPSA) is 149 Å². The lowest BCUT2D eigenvalue weighted by Gasteiger charge is -2.32. The zero-order valence-corrected chi connectivity index (χ0v) is 25.7. The number of likely N-dealkylation sites (N-methyl/N-ethyl adjacent to an activating group) is 1. The van der Waals surface area contributed by atoms with Crippen LogP contribution in [-0.4, -0.2) is 60.7 Å². The van der Waals surface area contributed by atoms with Gasteiger partial charge in [0, 0.05) is 42.4 Å². The van der Waals surface area contributed by atoms with Gasteiger partial charge < -0.3 is 20.5 Å². The second-order valence-corrected chi connectivity index (χ2v) is 11.0. The van der Waals surface area contributed by atoms with Crippen LogP contribution in [-0.2, 0) is 17.8 Å². The molecule has 0 saturated carbocycles. The number of hydrogen-bond acceptors (Lipinski definition) is 7. The Morgan fingerprint density at radius 2 is 1.85 bits per heavy atom. The van der Waals surface area contributed by atoms with Gasteiger partial charge in [-0.05, 0) is 48.1 Å². The zero-order valence-electron chi connectivity index (χ0n) is 25.7. The monoisotopic (exact) mass is 612 g/mol. The summed E-state index contributed by atoms with van der Waals surface area (Å²) in [5, 5.41) is 4.66. The first-order valence-electron chi connectivity index (χ1n) is 15.0. The van der Waals surface area contributed by atoms with Crippen molar-refractivity contribution in [2.45, 2.75) is 39.3 Å². The first kappa shape index (κ1) is 30.1. The highest BCUT2D eigenvalue weighted by molar-refractivity contribution is 5.98. The van der Waals surface area contributed by atoms with Crippen molar-refractivity contribution in [3.8, 4) is 34.4 Å². The molecule has 46 heavy (non-hydrogen) atoms. The molecule has 3 amide bonds. The first-order chi connectivity index (χ1) is 22.3. The second-order valence-electron chi connectivity index (χ2n) is 11.0. The molecule has 0 bridgehead atoms. The van der Waals surface area contributed by atoms with Gasteiger partial charge in [-0.3, -0.25) is 24.4 Å². The number of carbonyl (C=O) groups excluding carboxylic acids is 3. The predicted octanol–water partition coefficient (Wildman–Crippen LogP) is 3.92. The van der Waals surface area contributed by atoms with E-state index in [1.807, 2.05) is 44.4 Å². The Kier molecular flexibility index (Phi) is 8.27. The minimum atomic E-state index is -0.633. The van der Waals surface area contributed by atoms with Crippen molar-refractivity contribution in [2.75, 3.05) is 13.6 Å². The molecule has 6 rings (SSSR count). The molecule has 5 aromatic rings. The minimum Gasteiger partial charge on any atom is -0.364 e. The van der Waals surface area contributed by atoms with Crippen molar-refractivity contribution in [2.24, 2.45) is 5.73 Å². The van der Waals surface area contributed by atoms with Gasteiger partial charge in [0.15, 0.2) is 0 Å². The van der Waals surface area contributed by atoms with Gasteiger partial charge in [0.25, 0.3) is 11.8 Å². The lowest BCUT2D eigenvalue weighted by atomic mass is 10.00. The fraction of sp³-hybridized carbons (Fsp3) is 0.229. The molecule has 230 valence electrons. The molecule has 1 aromatic carbocycles. The third-order valence-corrected chi connectivity index (χ3v) is 8.01. The maximum Gasteiger partial charge on any atom is 0.270 e. The molecule has 11 nitrogen and oxygen atoms in total. The number of aromatic nitrogens is 5. The van der Waals surface area contributed by atoms with Crippen molar-refractivity contribution in [1.82, 2.24) is 34.7 Å². The molecule has 1 unspecified atom stereocenters.